The van der Waals surface area contributed by atoms with Crippen molar-refractivity contribution in [1.82, 2.24) is 10.2 Å². The first-order valence-corrected chi connectivity index (χ1v) is 6.30. The molecule has 1 aliphatic heterocycles. The summed E-state index contributed by atoms with van der Waals surface area (Å²) in [6.07, 6.45) is 0. The Balaban J connectivity index is 0.00000162. The molecule has 1 fully saturated rings. The molecule has 2 rings (SSSR count). The van der Waals surface area contributed by atoms with Crippen LogP contribution >= 0.6 is 12.4 Å². The van der Waals surface area contributed by atoms with Crippen LogP contribution in [0.2, 0.25) is 0 Å². The number of alkyl halides is 1. The fourth-order valence-corrected chi connectivity index (χ4v) is 2.57. The summed E-state index contributed by atoms with van der Waals surface area (Å²) < 4.78 is 13.3. The standard InChI is InChI=1S/C14H21FN2.ClH/c1-11-3-4-13(12(2)9-11)14(10-15)17-7-5-16-6-8-17;/h3-4,9,14,16H,5-8,10H2,1-2H3;1H/t14-;/m1./s1. The van der Waals surface area contributed by atoms with Crippen molar-refractivity contribution in [2.45, 2.75) is 19.9 Å². The maximum absolute atomic E-state index is 13.3. The monoisotopic (exact) mass is 272 g/mol. The molecule has 0 unspecified atom stereocenters. The van der Waals surface area contributed by atoms with Crippen LogP contribution in [0.25, 0.3) is 0 Å². The molecule has 1 aliphatic rings. The van der Waals surface area contributed by atoms with Crippen molar-refractivity contribution in [3.63, 3.8) is 0 Å². The highest BCUT2D eigenvalue weighted by atomic mass is 35.5. The fraction of sp³-hybridized carbons (Fsp3) is 0.571. The average Bonchev–Trinajstić information content (AvgIpc) is 2.34. The van der Waals surface area contributed by atoms with Crippen LogP contribution in [-0.4, -0.2) is 37.8 Å². The van der Waals surface area contributed by atoms with Gasteiger partial charge in [0.1, 0.15) is 6.67 Å². The van der Waals surface area contributed by atoms with E-state index in [1.54, 1.807) is 0 Å². The van der Waals surface area contributed by atoms with Crippen LogP contribution in [0.1, 0.15) is 22.7 Å². The molecule has 1 aromatic carbocycles. The molecule has 0 amide bonds. The Kier molecular flexibility index (Phi) is 6.06. The van der Waals surface area contributed by atoms with Gasteiger partial charge >= 0.3 is 0 Å². The molecule has 4 heteroatoms. The maximum atomic E-state index is 13.3. The summed E-state index contributed by atoms with van der Waals surface area (Å²) in [7, 11) is 0. The third-order valence-corrected chi connectivity index (χ3v) is 3.52. The Morgan fingerprint density at radius 2 is 1.94 bits per heavy atom. The molecule has 0 aliphatic carbocycles. The van der Waals surface area contributed by atoms with E-state index in [0.29, 0.717) is 0 Å². The van der Waals surface area contributed by atoms with Crippen LogP contribution < -0.4 is 5.32 Å². The van der Waals surface area contributed by atoms with Crippen LogP contribution in [0.5, 0.6) is 0 Å². The van der Waals surface area contributed by atoms with Crippen LogP contribution in [0, 0.1) is 13.8 Å². The Morgan fingerprint density at radius 3 is 2.50 bits per heavy atom. The molecule has 1 heterocycles. The SMILES string of the molecule is Cc1ccc([C@@H](CF)N2CCNCC2)c(C)c1.Cl. The van der Waals surface area contributed by atoms with Crippen molar-refractivity contribution in [2.24, 2.45) is 0 Å². The van der Waals surface area contributed by atoms with E-state index in [4.69, 9.17) is 0 Å². The molecule has 0 bridgehead atoms. The number of piperazine rings is 1. The molecular weight excluding hydrogens is 251 g/mol. The molecule has 1 atom stereocenters. The quantitative estimate of drug-likeness (QED) is 0.910. The Hall–Kier alpha value is -0.640. The Morgan fingerprint density at radius 1 is 1.28 bits per heavy atom. The van der Waals surface area contributed by atoms with Crippen molar-refractivity contribution in [1.29, 1.82) is 0 Å². The van der Waals surface area contributed by atoms with Crippen molar-refractivity contribution < 1.29 is 4.39 Å². The number of halogens is 2. The van der Waals surface area contributed by atoms with E-state index in [-0.39, 0.29) is 25.1 Å². The molecule has 2 nitrogen and oxygen atoms in total. The van der Waals surface area contributed by atoms with E-state index in [1.807, 2.05) is 0 Å². The zero-order valence-corrected chi connectivity index (χ0v) is 11.9. The zero-order valence-electron chi connectivity index (χ0n) is 11.1. The molecule has 1 saturated heterocycles. The molecule has 1 aromatic rings. The summed E-state index contributed by atoms with van der Waals surface area (Å²) in [5.74, 6) is 0. The van der Waals surface area contributed by atoms with Crippen molar-refractivity contribution in [2.75, 3.05) is 32.9 Å². The van der Waals surface area contributed by atoms with Gasteiger partial charge in [0.25, 0.3) is 0 Å². The molecule has 0 spiro atoms. The predicted molar refractivity (Wildman–Crippen MR) is 76.3 cm³/mol. The van der Waals surface area contributed by atoms with Crippen LogP contribution in [-0.2, 0) is 0 Å². The van der Waals surface area contributed by atoms with Gasteiger partial charge in [-0.3, -0.25) is 4.90 Å². The van der Waals surface area contributed by atoms with Gasteiger partial charge in [-0.05, 0) is 25.0 Å². The topological polar surface area (TPSA) is 15.3 Å². The summed E-state index contributed by atoms with van der Waals surface area (Å²) in [6, 6.07) is 6.22. The minimum atomic E-state index is -0.302. The molecule has 18 heavy (non-hydrogen) atoms. The smallest absolute Gasteiger partial charge is 0.109 e. The summed E-state index contributed by atoms with van der Waals surface area (Å²) >= 11 is 0. The number of nitrogens with one attached hydrogen (secondary N) is 1. The molecular formula is C14H22ClFN2. The van der Waals surface area contributed by atoms with E-state index in [2.05, 4.69) is 42.3 Å². The molecule has 0 saturated carbocycles. The minimum Gasteiger partial charge on any atom is -0.314 e. The van der Waals surface area contributed by atoms with E-state index in [1.165, 1.54) is 11.1 Å². The van der Waals surface area contributed by atoms with Crippen LogP contribution in [0.15, 0.2) is 18.2 Å². The highest BCUT2D eigenvalue weighted by molar-refractivity contribution is 5.85. The third kappa shape index (κ3) is 3.44. The summed E-state index contributed by atoms with van der Waals surface area (Å²) in [4.78, 5) is 2.24. The van der Waals surface area contributed by atoms with Crippen molar-refractivity contribution in [3.05, 3.63) is 34.9 Å². The molecule has 0 aromatic heterocycles. The number of benzene rings is 1. The van der Waals surface area contributed by atoms with Gasteiger partial charge in [0.2, 0.25) is 0 Å². The Bertz CT molecular complexity index is 378. The lowest BCUT2D eigenvalue weighted by molar-refractivity contribution is 0.147. The molecule has 102 valence electrons. The maximum Gasteiger partial charge on any atom is 0.109 e. The molecule has 0 radical (unpaired) electrons. The second-order valence-corrected chi connectivity index (χ2v) is 4.82. The lowest BCUT2D eigenvalue weighted by Crippen LogP contribution is -2.45. The zero-order chi connectivity index (χ0) is 12.3. The number of aryl methyl sites for hydroxylation is 2. The average molecular weight is 273 g/mol. The lowest BCUT2D eigenvalue weighted by Gasteiger charge is -2.34. The number of hydrogen-bond donors (Lipinski definition) is 1. The minimum absolute atomic E-state index is 0. The number of hydrogen-bond acceptors (Lipinski definition) is 2. The van der Waals surface area contributed by atoms with Crippen LogP contribution in [0.3, 0.4) is 0 Å². The van der Waals surface area contributed by atoms with E-state index < -0.39 is 0 Å². The van der Waals surface area contributed by atoms with Gasteiger partial charge in [0.15, 0.2) is 0 Å². The second-order valence-electron chi connectivity index (χ2n) is 4.82. The van der Waals surface area contributed by atoms with Crippen molar-refractivity contribution >= 4 is 12.4 Å². The van der Waals surface area contributed by atoms with Gasteiger partial charge < -0.3 is 5.32 Å². The van der Waals surface area contributed by atoms with Gasteiger partial charge in [-0.1, -0.05) is 23.8 Å². The lowest BCUT2D eigenvalue weighted by atomic mass is 9.98. The second kappa shape index (κ2) is 7.07. The summed E-state index contributed by atoms with van der Waals surface area (Å²) in [5, 5.41) is 3.30. The first-order valence-electron chi connectivity index (χ1n) is 6.30. The van der Waals surface area contributed by atoms with Crippen molar-refractivity contribution in [3.8, 4) is 0 Å². The first kappa shape index (κ1) is 15.4. The highest BCUT2D eigenvalue weighted by Gasteiger charge is 2.23. The Labute approximate surface area is 115 Å². The normalized spacial score (nSPS) is 18.2. The van der Waals surface area contributed by atoms with E-state index in [0.717, 1.165) is 31.7 Å². The largest absolute Gasteiger partial charge is 0.314 e. The summed E-state index contributed by atoms with van der Waals surface area (Å²) in [5.41, 5.74) is 3.58. The van der Waals surface area contributed by atoms with E-state index in [9.17, 15) is 4.39 Å². The first-order chi connectivity index (χ1) is 8.22. The van der Waals surface area contributed by atoms with E-state index >= 15 is 0 Å². The third-order valence-electron chi connectivity index (χ3n) is 3.52. The predicted octanol–water partition coefficient (Wildman–Crippen LogP) is 2.64. The van der Waals surface area contributed by atoms with Gasteiger partial charge in [-0.25, -0.2) is 4.39 Å². The van der Waals surface area contributed by atoms with Gasteiger partial charge in [-0.2, -0.15) is 0 Å². The van der Waals surface area contributed by atoms with Gasteiger partial charge in [0, 0.05) is 26.2 Å². The molecule has 1 N–H and O–H groups in total. The van der Waals surface area contributed by atoms with Gasteiger partial charge in [0.05, 0.1) is 6.04 Å². The van der Waals surface area contributed by atoms with Crippen LogP contribution in [0.4, 0.5) is 4.39 Å². The fourth-order valence-electron chi connectivity index (χ4n) is 2.57. The summed E-state index contributed by atoms with van der Waals surface area (Å²) in [6.45, 7) is 7.63. The number of rotatable bonds is 3. The number of nitrogens with zero attached hydrogens (tertiary/aromatic N) is 1. The van der Waals surface area contributed by atoms with Gasteiger partial charge in [-0.15, -0.1) is 12.4 Å². The highest BCUT2D eigenvalue weighted by Crippen LogP contribution is 2.25.